The molecule has 0 N–H and O–H groups in total. The Bertz CT molecular complexity index is 375. The normalized spacial score (nSPS) is 11.5. The molecule has 0 radical (unpaired) electrons. The van der Waals surface area contributed by atoms with E-state index in [1.165, 1.54) is 43.5 Å². The Morgan fingerprint density at radius 1 is 0.714 bits per heavy atom. The maximum absolute atomic E-state index is 2.29. The number of benzene rings is 1. The second-order valence-electron chi connectivity index (χ2n) is 7.50. The molecule has 0 amide bonds. The minimum Gasteiger partial charge on any atom is -1.00 e. The van der Waals surface area contributed by atoms with Gasteiger partial charge in [-0.2, -0.15) is 0 Å². The smallest absolute Gasteiger partial charge is 0.132 e. The summed E-state index contributed by atoms with van der Waals surface area (Å²) in [4.78, 5) is 0. The van der Waals surface area contributed by atoms with Crippen LogP contribution in [0.25, 0.3) is 0 Å². The van der Waals surface area contributed by atoms with Crippen molar-refractivity contribution in [2.24, 2.45) is 0 Å². The van der Waals surface area contributed by atoms with Gasteiger partial charge in [0.25, 0.3) is 0 Å². The van der Waals surface area contributed by atoms with E-state index in [2.05, 4.69) is 66.6 Å². The Morgan fingerprint density at radius 2 is 1.24 bits per heavy atom. The highest BCUT2D eigenvalue weighted by molar-refractivity contribution is 5.42. The Kier molecular flexibility index (Phi) is 11.8. The molecular weight excluding hydrogens is 486 g/mol. The van der Waals surface area contributed by atoms with E-state index in [-0.39, 0.29) is 48.0 Å². The molecule has 0 fully saturated rings. The van der Waals surface area contributed by atoms with Crippen molar-refractivity contribution in [2.45, 2.75) is 25.7 Å². The number of unbranched alkanes of at least 4 members (excludes halogenated alkanes) is 2. The average molecular weight is 518 g/mol. The summed E-state index contributed by atoms with van der Waals surface area (Å²) in [6, 6.07) is 9.11. The Balaban J connectivity index is 0. The first kappa shape index (κ1) is 23.9. The minimum atomic E-state index is 0. The van der Waals surface area contributed by atoms with Crippen LogP contribution < -0.4 is 52.4 Å². The number of hydrogen-bond donors (Lipinski definition) is 0. The zero-order chi connectivity index (χ0) is 14.5. The van der Waals surface area contributed by atoms with Gasteiger partial charge in [-0.1, -0.05) is 12.1 Å². The van der Waals surface area contributed by atoms with Crippen molar-refractivity contribution in [1.29, 1.82) is 0 Å². The predicted octanol–water partition coefficient (Wildman–Crippen LogP) is -2.69. The lowest BCUT2D eigenvalue weighted by Gasteiger charge is -2.24. The van der Waals surface area contributed by atoms with Crippen LogP contribution in [0.1, 0.15) is 24.8 Å². The molecule has 0 saturated carbocycles. The third-order valence-electron chi connectivity index (χ3n) is 3.51. The van der Waals surface area contributed by atoms with E-state index in [9.17, 15) is 0 Å². The first-order chi connectivity index (χ1) is 8.68. The maximum atomic E-state index is 2.29. The molecule has 4 heteroatoms. The van der Waals surface area contributed by atoms with Crippen LogP contribution in [0.4, 0.5) is 5.69 Å². The molecule has 1 aromatic rings. The number of nitrogens with zero attached hydrogens (tertiary/aromatic N) is 2. The summed E-state index contributed by atoms with van der Waals surface area (Å²) in [5.74, 6) is 0. The highest BCUT2D eigenvalue weighted by Gasteiger charge is 2.11. The molecule has 1 rings (SSSR count). The first-order valence-electron chi connectivity index (χ1n) is 7.40. The highest BCUT2D eigenvalue weighted by atomic mass is 127. The summed E-state index contributed by atoms with van der Waals surface area (Å²) in [5.41, 5.74) is 2.84. The summed E-state index contributed by atoms with van der Waals surface area (Å²) in [6.45, 7) is 1.28. The van der Waals surface area contributed by atoms with Gasteiger partial charge >= 0.3 is 0 Å². The Hall–Kier alpha value is 0.600. The topological polar surface area (TPSA) is 0 Å². The van der Waals surface area contributed by atoms with Crippen LogP contribution in [0.5, 0.6) is 0 Å². The van der Waals surface area contributed by atoms with E-state index in [1.54, 1.807) is 0 Å². The summed E-state index contributed by atoms with van der Waals surface area (Å²) in [5, 5.41) is 0. The molecule has 0 atom stereocenters. The van der Waals surface area contributed by atoms with E-state index >= 15 is 0 Å². The molecular formula is C17H32I2N2. The minimum absolute atomic E-state index is 0. The second-order valence-corrected chi connectivity index (χ2v) is 7.50. The predicted molar refractivity (Wildman–Crippen MR) is 86.5 cm³/mol. The molecule has 1 aromatic carbocycles. The van der Waals surface area contributed by atoms with Crippen LogP contribution in [0.2, 0.25) is 0 Å². The zero-order valence-electron chi connectivity index (χ0n) is 14.5. The van der Waals surface area contributed by atoms with Gasteiger partial charge < -0.3 is 52.4 Å². The third-order valence-corrected chi connectivity index (χ3v) is 3.51. The molecule has 0 aliphatic rings. The molecule has 0 unspecified atom stereocenters. The van der Waals surface area contributed by atoms with Crippen molar-refractivity contribution in [3.05, 3.63) is 29.8 Å². The number of aryl methyl sites for hydroxylation is 1. The van der Waals surface area contributed by atoms with Gasteiger partial charge in [-0.15, -0.1) is 0 Å². The lowest BCUT2D eigenvalue weighted by atomic mass is 10.1. The molecule has 124 valence electrons. The SMILES string of the molecule is C[N+](C)(C)CCCCCc1ccc([N+](C)(C)C)cc1.[I-].[I-]. The number of halogens is 2. The van der Waals surface area contributed by atoms with Gasteiger partial charge in [0.15, 0.2) is 0 Å². The van der Waals surface area contributed by atoms with Gasteiger partial charge in [-0.05, 0) is 43.4 Å². The van der Waals surface area contributed by atoms with Crippen LogP contribution in [-0.2, 0) is 6.42 Å². The lowest BCUT2D eigenvalue weighted by molar-refractivity contribution is -0.870. The molecule has 0 saturated heterocycles. The van der Waals surface area contributed by atoms with Crippen molar-refractivity contribution in [1.82, 2.24) is 4.48 Å². The number of hydrogen-bond acceptors (Lipinski definition) is 0. The van der Waals surface area contributed by atoms with Crippen LogP contribution in [-0.4, -0.2) is 53.3 Å². The fourth-order valence-electron chi connectivity index (χ4n) is 2.20. The maximum Gasteiger partial charge on any atom is 0.132 e. The molecule has 21 heavy (non-hydrogen) atoms. The van der Waals surface area contributed by atoms with Gasteiger partial charge in [0.2, 0.25) is 0 Å². The molecule has 0 bridgehead atoms. The highest BCUT2D eigenvalue weighted by Crippen LogP contribution is 2.18. The van der Waals surface area contributed by atoms with E-state index in [0.29, 0.717) is 0 Å². The average Bonchev–Trinajstić information content (AvgIpc) is 2.26. The van der Waals surface area contributed by atoms with Crippen molar-refractivity contribution in [2.75, 3.05) is 48.8 Å². The van der Waals surface area contributed by atoms with Gasteiger partial charge in [-0.25, -0.2) is 0 Å². The standard InChI is InChI=1S/C17H32N2.2HI/c1-18(2,3)15-9-7-8-10-16-11-13-17(14-12-16)19(4,5)6;;/h11-14H,7-10,15H2,1-6H3;2*1H/q+2;;/p-2. The van der Waals surface area contributed by atoms with Gasteiger partial charge in [-0.3, -0.25) is 4.48 Å². The third kappa shape index (κ3) is 10.9. The molecule has 0 aliphatic heterocycles. The lowest BCUT2D eigenvalue weighted by Crippen LogP contribution is -3.00. The molecule has 2 nitrogen and oxygen atoms in total. The summed E-state index contributed by atoms with van der Waals surface area (Å²) in [7, 11) is 13.4. The molecule has 0 heterocycles. The van der Waals surface area contributed by atoms with Gasteiger partial charge in [0, 0.05) is 0 Å². The zero-order valence-corrected chi connectivity index (χ0v) is 18.8. The van der Waals surface area contributed by atoms with Gasteiger partial charge in [0.05, 0.1) is 48.8 Å². The Morgan fingerprint density at radius 3 is 1.67 bits per heavy atom. The molecule has 0 spiro atoms. The van der Waals surface area contributed by atoms with Crippen LogP contribution in [0, 0.1) is 0 Å². The fourth-order valence-corrected chi connectivity index (χ4v) is 2.20. The summed E-state index contributed by atoms with van der Waals surface area (Å²) < 4.78 is 1.97. The Labute approximate surface area is 166 Å². The van der Waals surface area contributed by atoms with Crippen LogP contribution >= 0.6 is 0 Å². The van der Waals surface area contributed by atoms with E-state index in [4.69, 9.17) is 0 Å². The van der Waals surface area contributed by atoms with Crippen molar-refractivity contribution in [3.8, 4) is 0 Å². The van der Waals surface area contributed by atoms with Crippen LogP contribution in [0.3, 0.4) is 0 Å². The second kappa shape index (κ2) is 10.4. The van der Waals surface area contributed by atoms with Gasteiger partial charge in [0.1, 0.15) is 5.69 Å². The molecule has 0 aliphatic carbocycles. The van der Waals surface area contributed by atoms with E-state index < -0.39 is 0 Å². The fraction of sp³-hybridized carbons (Fsp3) is 0.647. The largest absolute Gasteiger partial charge is 1.00 e. The summed E-state index contributed by atoms with van der Waals surface area (Å²) in [6.07, 6.45) is 5.20. The summed E-state index contributed by atoms with van der Waals surface area (Å²) >= 11 is 0. The number of quaternary nitrogens is 2. The number of rotatable bonds is 7. The van der Waals surface area contributed by atoms with Crippen molar-refractivity contribution >= 4 is 5.69 Å². The van der Waals surface area contributed by atoms with Crippen LogP contribution in [0.15, 0.2) is 24.3 Å². The quantitative estimate of drug-likeness (QED) is 0.210. The van der Waals surface area contributed by atoms with Crippen molar-refractivity contribution in [3.63, 3.8) is 0 Å². The van der Waals surface area contributed by atoms with E-state index in [0.717, 1.165) is 8.97 Å². The first-order valence-corrected chi connectivity index (χ1v) is 7.40. The van der Waals surface area contributed by atoms with E-state index in [1.807, 2.05) is 0 Å². The van der Waals surface area contributed by atoms with Crippen molar-refractivity contribution < 1.29 is 52.4 Å². The molecule has 0 aromatic heterocycles. The monoisotopic (exact) mass is 518 g/mol.